The summed E-state index contributed by atoms with van der Waals surface area (Å²) in [4.78, 5) is 0. The number of nitriles is 1. The van der Waals surface area contributed by atoms with Gasteiger partial charge >= 0.3 is 0 Å². The van der Waals surface area contributed by atoms with Crippen LogP contribution in [0.1, 0.15) is 11.1 Å². The first-order valence-corrected chi connectivity index (χ1v) is 6.80. The number of ether oxygens (including phenoxy) is 1. The van der Waals surface area contributed by atoms with E-state index in [1.54, 1.807) is 19.2 Å². The lowest BCUT2D eigenvalue weighted by molar-refractivity contribution is 0.437. The molecule has 6 heteroatoms. The Bertz CT molecular complexity index is 714. The first-order valence-electron chi connectivity index (χ1n) is 6.05. The third kappa shape index (κ3) is 3.64. The third-order valence-electron chi connectivity index (χ3n) is 2.72. The predicted octanol–water partition coefficient (Wildman–Crippen LogP) is 4.52. The van der Waals surface area contributed by atoms with Gasteiger partial charge in [-0.2, -0.15) is 5.26 Å². The van der Waals surface area contributed by atoms with Crippen LogP contribution in [0.15, 0.2) is 30.3 Å². The topological polar surface area (TPSA) is 45.0 Å². The average molecular weight is 325 g/mol. The van der Waals surface area contributed by atoms with Crippen LogP contribution < -0.4 is 10.1 Å². The number of nitrogens with one attached hydrogen (secondary N) is 1. The van der Waals surface area contributed by atoms with E-state index in [2.05, 4.69) is 5.32 Å². The molecule has 3 nitrogen and oxygen atoms in total. The predicted molar refractivity (Wildman–Crippen MR) is 80.4 cm³/mol. The van der Waals surface area contributed by atoms with Crippen LogP contribution in [0.3, 0.4) is 0 Å². The molecule has 0 fully saturated rings. The minimum atomic E-state index is -0.546. The quantitative estimate of drug-likeness (QED) is 0.899. The smallest absolute Gasteiger partial charge is 0.181 e. The molecule has 2 aromatic rings. The Morgan fingerprint density at radius 1 is 1.29 bits per heavy atom. The first-order chi connectivity index (χ1) is 10.0. The second kappa shape index (κ2) is 6.77. The lowest BCUT2D eigenvalue weighted by Crippen LogP contribution is -2.07. The number of hydrogen-bond donors (Lipinski definition) is 1. The number of hydrogen-bond acceptors (Lipinski definition) is 3. The van der Waals surface area contributed by atoms with Crippen molar-refractivity contribution in [3.8, 4) is 17.6 Å². The Morgan fingerprint density at radius 3 is 2.71 bits per heavy atom. The zero-order valence-electron chi connectivity index (χ0n) is 11.1. The molecule has 0 heterocycles. The minimum absolute atomic E-state index is 0.0874. The largest absolute Gasteiger partial charge is 0.453 e. The maximum absolute atomic E-state index is 14.3. The van der Waals surface area contributed by atoms with Crippen LogP contribution in [-0.2, 0) is 6.54 Å². The van der Waals surface area contributed by atoms with E-state index in [1.165, 1.54) is 18.2 Å². The van der Waals surface area contributed by atoms with E-state index in [0.717, 1.165) is 0 Å². The van der Waals surface area contributed by atoms with Crippen molar-refractivity contribution in [2.45, 2.75) is 6.54 Å². The van der Waals surface area contributed by atoms with Crippen LogP contribution >= 0.6 is 23.2 Å². The van der Waals surface area contributed by atoms with Crippen molar-refractivity contribution in [2.24, 2.45) is 0 Å². The van der Waals surface area contributed by atoms with Gasteiger partial charge in [0.25, 0.3) is 0 Å². The van der Waals surface area contributed by atoms with Crippen LogP contribution in [-0.4, -0.2) is 7.05 Å². The number of nitrogens with zero attached hydrogens (tertiary/aromatic N) is 1. The van der Waals surface area contributed by atoms with Crippen LogP contribution in [0.5, 0.6) is 11.5 Å². The maximum atomic E-state index is 14.3. The molecule has 0 aliphatic rings. The summed E-state index contributed by atoms with van der Waals surface area (Å²) < 4.78 is 19.8. The molecule has 2 aromatic carbocycles. The second-order valence-corrected chi connectivity index (χ2v) is 5.11. The highest BCUT2D eigenvalue weighted by atomic mass is 35.5. The molecule has 0 radical (unpaired) electrons. The SMILES string of the molecule is CNCc1ccc(Cl)c(Oc2cc(Cl)cc(C#N)c2)c1F. The van der Waals surface area contributed by atoms with Gasteiger partial charge in [-0.1, -0.05) is 29.3 Å². The molecule has 0 atom stereocenters. The lowest BCUT2D eigenvalue weighted by atomic mass is 10.2. The summed E-state index contributed by atoms with van der Waals surface area (Å²) in [6, 6.07) is 9.54. The summed E-state index contributed by atoms with van der Waals surface area (Å²) >= 11 is 11.9. The van der Waals surface area contributed by atoms with E-state index in [0.29, 0.717) is 22.7 Å². The van der Waals surface area contributed by atoms with Crippen LogP contribution in [0, 0.1) is 17.1 Å². The fraction of sp³-hybridized carbons (Fsp3) is 0.133. The number of halogens is 3. The van der Waals surface area contributed by atoms with Crippen molar-refractivity contribution >= 4 is 23.2 Å². The molecule has 21 heavy (non-hydrogen) atoms. The van der Waals surface area contributed by atoms with Crippen molar-refractivity contribution in [3.05, 3.63) is 57.3 Å². The summed E-state index contributed by atoms with van der Waals surface area (Å²) in [5.74, 6) is -0.382. The highest BCUT2D eigenvalue weighted by Gasteiger charge is 2.15. The summed E-state index contributed by atoms with van der Waals surface area (Å²) in [6.07, 6.45) is 0. The Kier molecular flexibility index (Phi) is 5.03. The Morgan fingerprint density at radius 2 is 2.05 bits per heavy atom. The van der Waals surface area contributed by atoms with E-state index >= 15 is 0 Å². The summed E-state index contributed by atoms with van der Waals surface area (Å²) in [7, 11) is 1.71. The molecule has 0 amide bonds. The van der Waals surface area contributed by atoms with Crippen molar-refractivity contribution < 1.29 is 9.13 Å². The zero-order valence-corrected chi connectivity index (χ0v) is 12.6. The van der Waals surface area contributed by atoms with Gasteiger partial charge in [-0.3, -0.25) is 0 Å². The van der Waals surface area contributed by atoms with Gasteiger partial charge in [0.1, 0.15) is 5.75 Å². The van der Waals surface area contributed by atoms with E-state index in [4.69, 9.17) is 33.2 Å². The van der Waals surface area contributed by atoms with Gasteiger partial charge in [0.05, 0.1) is 16.7 Å². The molecule has 2 rings (SSSR count). The molecule has 0 saturated carbocycles. The standard InChI is InChI=1S/C15H11Cl2FN2O/c1-20-8-10-2-3-13(17)15(14(10)18)21-12-5-9(7-19)4-11(16)6-12/h2-6,20H,8H2,1H3. The van der Waals surface area contributed by atoms with Gasteiger partial charge in [-0.25, -0.2) is 4.39 Å². The van der Waals surface area contributed by atoms with E-state index in [-0.39, 0.29) is 16.5 Å². The molecular weight excluding hydrogens is 314 g/mol. The monoisotopic (exact) mass is 324 g/mol. The molecule has 0 spiro atoms. The van der Waals surface area contributed by atoms with E-state index < -0.39 is 5.82 Å². The van der Waals surface area contributed by atoms with Gasteiger partial charge in [0.2, 0.25) is 0 Å². The van der Waals surface area contributed by atoms with E-state index in [1.807, 2.05) is 6.07 Å². The van der Waals surface area contributed by atoms with Gasteiger partial charge in [-0.15, -0.1) is 0 Å². The van der Waals surface area contributed by atoms with Crippen LogP contribution in [0.4, 0.5) is 4.39 Å². The molecule has 0 unspecified atom stereocenters. The molecule has 0 aromatic heterocycles. The molecular formula is C15H11Cl2FN2O. The maximum Gasteiger partial charge on any atom is 0.181 e. The fourth-order valence-corrected chi connectivity index (χ4v) is 2.21. The van der Waals surface area contributed by atoms with E-state index in [9.17, 15) is 4.39 Å². The average Bonchev–Trinajstić information content (AvgIpc) is 2.46. The Hall–Kier alpha value is -1.80. The minimum Gasteiger partial charge on any atom is -0.453 e. The summed E-state index contributed by atoms with van der Waals surface area (Å²) in [5, 5.41) is 12.2. The van der Waals surface area contributed by atoms with Crippen molar-refractivity contribution in [1.29, 1.82) is 5.26 Å². The molecule has 0 bridgehead atoms. The lowest BCUT2D eigenvalue weighted by Gasteiger charge is -2.12. The molecule has 0 aliphatic heterocycles. The molecule has 0 aliphatic carbocycles. The van der Waals surface area contributed by atoms with Crippen molar-refractivity contribution in [2.75, 3.05) is 7.05 Å². The van der Waals surface area contributed by atoms with Crippen molar-refractivity contribution in [3.63, 3.8) is 0 Å². The van der Waals surface area contributed by atoms with Gasteiger partial charge < -0.3 is 10.1 Å². The molecule has 108 valence electrons. The molecule has 0 saturated heterocycles. The van der Waals surface area contributed by atoms with Crippen LogP contribution in [0.2, 0.25) is 10.0 Å². The molecule has 1 N–H and O–H groups in total. The van der Waals surface area contributed by atoms with Gasteiger partial charge in [0.15, 0.2) is 11.6 Å². The number of benzene rings is 2. The second-order valence-electron chi connectivity index (χ2n) is 4.27. The van der Waals surface area contributed by atoms with Gasteiger partial charge in [-0.05, 0) is 31.3 Å². The van der Waals surface area contributed by atoms with Crippen molar-refractivity contribution in [1.82, 2.24) is 5.32 Å². The van der Waals surface area contributed by atoms with Gasteiger partial charge in [0, 0.05) is 17.1 Å². The highest BCUT2D eigenvalue weighted by Crippen LogP contribution is 2.35. The van der Waals surface area contributed by atoms with Crippen LogP contribution in [0.25, 0.3) is 0 Å². The zero-order chi connectivity index (χ0) is 15.4. The first kappa shape index (κ1) is 15.6. The number of rotatable bonds is 4. The third-order valence-corrected chi connectivity index (χ3v) is 3.23. The summed E-state index contributed by atoms with van der Waals surface area (Å²) in [5.41, 5.74) is 0.750. The highest BCUT2D eigenvalue weighted by molar-refractivity contribution is 6.32. The fourth-order valence-electron chi connectivity index (χ4n) is 1.80. The Balaban J connectivity index is 2.42. The summed E-state index contributed by atoms with van der Waals surface area (Å²) in [6.45, 7) is 0.346. The Labute approximate surface area is 131 Å². The normalized spacial score (nSPS) is 10.2.